The van der Waals surface area contributed by atoms with Gasteiger partial charge in [0.25, 0.3) is 0 Å². The summed E-state index contributed by atoms with van der Waals surface area (Å²) in [5.41, 5.74) is 7.82. The van der Waals surface area contributed by atoms with Crippen molar-refractivity contribution >= 4 is 40.6 Å². The van der Waals surface area contributed by atoms with Crippen molar-refractivity contribution in [3.8, 4) is 0 Å². The molecular formula is C27H32N6O7. The summed E-state index contributed by atoms with van der Waals surface area (Å²) in [6.07, 6.45) is 1.72. The van der Waals surface area contributed by atoms with Crippen LogP contribution in [0.25, 0.3) is 10.9 Å². The first kappa shape index (κ1) is 29.6. The van der Waals surface area contributed by atoms with Gasteiger partial charge >= 0.3 is 12.0 Å². The first-order valence-electron chi connectivity index (χ1n) is 12.5. The Balaban J connectivity index is 1.56. The molecule has 0 spiro atoms. The minimum Gasteiger partial charge on any atom is -0.480 e. The summed E-state index contributed by atoms with van der Waals surface area (Å²) >= 11 is 0. The van der Waals surface area contributed by atoms with E-state index in [1.807, 2.05) is 30.5 Å². The maximum Gasteiger partial charge on any atom is 0.326 e. The second-order valence-corrected chi connectivity index (χ2v) is 9.07. The topological polar surface area (TPSA) is 216 Å². The Morgan fingerprint density at radius 2 is 1.50 bits per heavy atom. The number of aromatic nitrogens is 1. The number of primary amides is 1. The predicted octanol–water partition coefficient (Wildman–Crippen LogP) is -0.457. The van der Waals surface area contributed by atoms with Gasteiger partial charge in [-0.3, -0.25) is 14.4 Å². The molecule has 0 aliphatic heterocycles. The van der Waals surface area contributed by atoms with Gasteiger partial charge in [0.15, 0.2) is 0 Å². The van der Waals surface area contributed by atoms with Gasteiger partial charge < -0.3 is 42.2 Å². The number of benzene rings is 2. The standard InChI is InChI=1S/C27H32N6O7/c28-23(35)13-20(33-27(40)29-11-10-17-14-30-19-9-5-4-8-18(17)19)24(36)32-22(15-34)25(37)31-21(26(38)39)12-16-6-2-1-3-7-16/h1-9,14,20-22,30,34H,10-13,15H2,(H2,28,35)(H,31,37)(H,32,36)(H,38,39)(H2,29,33,40)/t20-,21-,22-/m0/s1. The number of aliphatic hydroxyl groups is 1. The van der Waals surface area contributed by atoms with Crippen molar-refractivity contribution in [2.45, 2.75) is 37.4 Å². The number of urea groups is 1. The van der Waals surface area contributed by atoms with E-state index in [0.717, 1.165) is 16.5 Å². The monoisotopic (exact) mass is 552 g/mol. The SMILES string of the molecule is NC(=O)C[C@H](NC(=O)NCCc1c[nH]c2ccccc12)C(=O)N[C@@H](CO)C(=O)N[C@@H](Cc1ccccc1)C(=O)O. The van der Waals surface area contributed by atoms with Crippen molar-refractivity contribution < 1.29 is 34.2 Å². The van der Waals surface area contributed by atoms with Gasteiger partial charge in [-0.1, -0.05) is 48.5 Å². The van der Waals surface area contributed by atoms with Crippen LogP contribution in [0.2, 0.25) is 0 Å². The Kier molecular flexibility index (Phi) is 10.6. The molecule has 3 aromatic rings. The number of para-hydroxylation sites is 1. The highest BCUT2D eigenvalue weighted by Gasteiger charge is 2.30. The molecule has 0 fully saturated rings. The molecule has 0 saturated heterocycles. The van der Waals surface area contributed by atoms with Crippen molar-refractivity contribution in [1.29, 1.82) is 0 Å². The molecule has 5 amide bonds. The average Bonchev–Trinajstić information content (AvgIpc) is 3.34. The van der Waals surface area contributed by atoms with Gasteiger partial charge in [0, 0.05) is 30.1 Å². The van der Waals surface area contributed by atoms with Crippen molar-refractivity contribution in [2.24, 2.45) is 5.73 Å². The molecule has 212 valence electrons. The number of rotatable bonds is 14. The van der Waals surface area contributed by atoms with E-state index in [1.165, 1.54) is 0 Å². The van der Waals surface area contributed by atoms with Gasteiger partial charge in [-0.05, 0) is 23.6 Å². The van der Waals surface area contributed by atoms with E-state index in [2.05, 4.69) is 26.3 Å². The zero-order valence-corrected chi connectivity index (χ0v) is 21.6. The third-order valence-electron chi connectivity index (χ3n) is 6.09. The molecule has 0 aliphatic rings. The van der Waals surface area contributed by atoms with Crippen LogP contribution < -0.4 is 27.0 Å². The number of aliphatic hydroxyl groups excluding tert-OH is 1. The number of aromatic amines is 1. The highest BCUT2D eigenvalue weighted by Crippen LogP contribution is 2.17. The quantitative estimate of drug-likeness (QED) is 0.132. The Morgan fingerprint density at radius 3 is 2.17 bits per heavy atom. The molecule has 13 nitrogen and oxygen atoms in total. The first-order valence-corrected chi connectivity index (χ1v) is 12.5. The van der Waals surface area contributed by atoms with Crippen LogP contribution in [0.5, 0.6) is 0 Å². The molecule has 40 heavy (non-hydrogen) atoms. The molecular weight excluding hydrogens is 520 g/mol. The van der Waals surface area contributed by atoms with Gasteiger partial charge in [0.1, 0.15) is 18.1 Å². The van der Waals surface area contributed by atoms with E-state index in [4.69, 9.17) is 5.73 Å². The van der Waals surface area contributed by atoms with Crippen molar-refractivity contribution in [2.75, 3.05) is 13.2 Å². The molecule has 2 aromatic carbocycles. The smallest absolute Gasteiger partial charge is 0.326 e. The molecule has 0 aliphatic carbocycles. The molecule has 3 rings (SSSR count). The maximum absolute atomic E-state index is 12.8. The minimum absolute atomic E-state index is 0.0292. The van der Waals surface area contributed by atoms with Crippen molar-refractivity contribution in [3.05, 3.63) is 71.9 Å². The molecule has 9 N–H and O–H groups in total. The second-order valence-electron chi connectivity index (χ2n) is 9.07. The molecule has 1 aromatic heterocycles. The summed E-state index contributed by atoms with van der Waals surface area (Å²) < 4.78 is 0. The van der Waals surface area contributed by atoms with E-state index in [1.54, 1.807) is 30.3 Å². The number of carboxylic acids is 1. The molecule has 0 bridgehead atoms. The van der Waals surface area contributed by atoms with E-state index in [9.17, 15) is 34.2 Å². The highest BCUT2D eigenvalue weighted by molar-refractivity contribution is 5.95. The minimum atomic E-state index is -1.55. The number of nitrogens with one attached hydrogen (secondary N) is 5. The number of nitrogens with two attached hydrogens (primary N) is 1. The number of carbonyl (C=O) groups is 5. The number of fused-ring (bicyclic) bond motifs is 1. The summed E-state index contributed by atoms with van der Waals surface area (Å²) in [6, 6.07) is 11.2. The summed E-state index contributed by atoms with van der Waals surface area (Å²) in [4.78, 5) is 64.3. The number of aliphatic carboxylic acids is 1. The molecule has 1 heterocycles. The number of carboxylic acid groups (broad SMARTS) is 1. The summed E-state index contributed by atoms with van der Waals surface area (Å²) in [7, 11) is 0. The lowest BCUT2D eigenvalue weighted by atomic mass is 10.1. The van der Waals surface area contributed by atoms with E-state index in [-0.39, 0.29) is 13.0 Å². The molecule has 3 atom stereocenters. The van der Waals surface area contributed by atoms with Crippen LogP contribution in [0.1, 0.15) is 17.5 Å². The van der Waals surface area contributed by atoms with Gasteiger partial charge in [0.05, 0.1) is 13.0 Å². The third-order valence-corrected chi connectivity index (χ3v) is 6.09. The van der Waals surface area contributed by atoms with Crippen molar-refractivity contribution in [3.63, 3.8) is 0 Å². The van der Waals surface area contributed by atoms with Crippen LogP contribution in [0.4, 0.5) is 4.79 Å². The van der Waals surface area contributed by atoms with Gasteiger partial charge in [-0.2, -0.15) is 0 Å². The van der Waals surface area contributed by atoms with Gasteiger partial charge in [-0.15, -0.1) is 0 Å². The average molecular weight is 553 g/mol. The van der Waals surface area contributed by atoms with E-state index >= 15 is 0 Å². The second kappa shape index (κ2) is 14.3. The van der Waals surface area contributed by atoms with Crippen LogP contribution >= 0.6 is 0 Å². The Morgan fingerprint density at radius 1 is 0.850 bits per heavy atom. The van der Waals surface area contributed by atoms with Crippen LogP contribution in [0, 0.1) is 0 Å². The van der Waals surface area contributed by atoms with Crippen LogP contribution in [-0.4, -0.2) is 76.2 Å². The van der Waals surface area contributed by atoms with E-state index in [0.29, 0.717) is 12.0 Å². The summed E-state index contributed by atoms with van der Waals surface area (Å²) in [5.74, 6) is -4.12. The zero-order chi connectivity index (χ0) is 29.1. The Bertz CT molecular complexity index is 1340. The molecule has 0 radical (unpaired) electrons. The highest BCUT2D eigenvalue weighted by atomic mass is 16.4. The third kappa shape index (κ3) is 8.56. The lowest BCUT2D eigenvalue weighted by Gasteiger charge is -2.23. The van der Waals surface area contributed by atoms with Crippen LogP contribution in [0.15, 0.2) is 60.8 Å². The largest absolute Gasteiger partial charge is 0.480 e. The summed E-state index contributed by atoms with van der Waals surface area (Å²) in [5, 5.41) is 29.7. The molecule has 0 saturated carbocycles. The van der Waals surface area contributed by atoms with Crippen LogP contribution in [-0.2, 0) is 32.0 Å². The number of hydrogen-bond acceptors (Lipinski definition) is 6. The lowest BCUT2D eigenvalue weighted by Crippen LogP contribution is -2.58. The number of H-pyrrole nitrogens is 1. The lowest BCUT2D eigenvalue weighted by molar-refractivity contribution is -0.142. The fraction of sp³-hybridized carbons (Fsp3) is 0.296. The van der Waals surface area contributed by atoms with E-state index < -0.39 is 60.9 Å². The Hall–Kier alpha value is -4.91. The zero-order valence-electron chi connectivity index (χ0n) is 21.6. The van der Waals surface area contributed by atoms with Crippen molar-refractivity contribution in [1.82, 2.24) is 26.3 Å². The number of hydrogen-bond donors (Lipinski definition) is 8. The summed E-state index contributed by atoms with van der Waals surface area (Å²) in [6.45, 7) is -0.645. The molecule has 13 heteroatoms. The number of amides is 5. The maximum atomic E-state index is 12.8. The normalized spacial score (nSPS) is 13.0. The van der Waals surface area contributed by atoms with Gasteiger partial charge in [0.2, 0.25) is 17.7 Å². The first-order chi connectivity index (χ1) is 19.2. The fourth-order valence-corrected chi connectivity index (χ4v) is 4.06. The van der Waals surface area contributed by atoms with Gasteiger partial charge in [-0.25, -0.2) is 9.59 Å². The van der Waals surface area contributed by atoms with Crippen LogP contribution in [0.3, 0.4) is 0 Å². The molecule has 0 unspecified atom stereocenters. The number of carbonyl (C=O) groups excluding carboxylic acids is 4. The fourth-order valence-electron chi connectivity index (χ4n) is 4.06. The predicted molar refractivity (Wildman–Crippen MR) is 145 cm³/mol. The Labute approximate surface area is 229 Å².